The second-order valence-electron chi connectivity index (χ2n) is 3.95. The first-order valence-corrected chi connectivity index (χ1v) is 6.30. The molecule has 18 heavy (non-hydrogen) atoms. The van der Waals surface area contributed by atoms with Crippen molar-refractivity contribution in [3.8, 4) is 11.1 Å². The van der Waals surface area contributed by atoms with Gasteiger partial charge in [-0.1, -0.05) is 18.2 Å². The summed E-state index contributed by atoms with van der Waals surface area (Å²) in [6, 6.07) is 9.81. The van der Waals surface area contributed by atoms with E-state index in [2.05, 4.69) is 21.2 Å². The number of nitrogens with one attached hydrogen (secondary N) is 1. The zero-order valence-electron chi connectivity index (χ0n) is 9.81. The third kappa shape index (κ3) is 2.60. The van der Waals surface area contributed by atoms with Gasteiger partial charge in [-0.2, -0.15) is 0 Å². The van der Waals surface area contributed by atoms with E-state index in [4.69, 9.17) is 0 Å². The largest absolute Gasteiger partial charge is 0.316 e. The summed E-state index contributed by atoms with van der Waals surface area (Å²) >= 11 is 3.07. The van der Waals surface area contributed by atoms with Gasteiger partial charge in [0.1, 0.15) is 11.6 Å². The highest BCUT2D eigenvalue weighted by Crippen LogP contribution is 2.31. The van der Waals surface area contributed by atoms with Gasteiger partial charge in [0, 0.05) is 6.54 Å². The van der Waals surface area contributed by atoms with E-state index in [-0.39, 0.29) is 10.0 Å². The van der Waals surface area contributed by atoms with Crippen molar-refractivity contribution in [2.45, 2.75) is 6.54 Å². The maximum Gasteiger partial charge on any atom is 0.148 e. The van der Waals surface area contributed by atoms with Gasteiger partial charge in [0.2, 0.25) is 0 Å². The molecule has 0 unspecified atom stereocenters. The van der Waals surface area contributed by atoms with Crippen molar-refractivity contribution in [3.63, 3.8) is 0 Å². The minimum atomic E-state index is -0.573. The molecular weight excluding hydrogens is 300 g/mol. The summed E-state index contributed by atoms with van der Waals surface area (Å²) in [5.74, 6) is -1.13. The van der Waals surface area contributed by atoms with Crippen LogP contribution >= 0.6 is 15.9 Å². The van der Waals surface area contributed by atoms with Crippen molar-refractivity contribution in [1.29, 1.82) is 0 Å². The van der Waals surface area contributed by atoms with Crippen molar-refractivity contribution in [2.24, 2.45) is 0 Å². The molecule has 0 heterocycles. The monoisotopic (exact) mass is 311 g/mol. The van der Waals surface area contributed by atoms with Crippen molar-refractivity contribution in [2.75, 3.05) is 7.05 Å². The van der Waals surface area contributed by atoms with Crippen molar-refractivity contribution < 1.29 is 8.78 Å². The molecule has 0 radical (unpaired) electrons. The molecule has 0 amide bonds. The Hall–Kier alpha value is -1.26. The fourth-order valence-electron chi connectivity index (χ4n) is 1.83. The molecule has 0 atom stereocenters. The van der Waals surface area contributed by atoms with E-state index in [1.165, 1.54) is 12.1 Å². The second-order valence-corrected chi connectivity index (χ2v) is 4.80. The maximum absolute atomic E-state index is 14.0. The maximum atomic E-state index is 14.0. The first-order valence-electron chi connectivity index (χ1n) is 5.51. The molecule has 94 valence electrons. The Morgan fingerprint density at radius 3 is 2.67 bits per heavy atom. The van der Waals surface area contributed by atoms with Gasteiger partial charge in [0.05, 0.1) is 10.0 Å². The standard InChI is InChI=1S/C14H12BrF2N/c1-18-8-9-3-2-4-10(7-9)13-12(16)6-5-11(15)14(13)17/h2-7,18H,8H2,1H3. The predicted octanol–water partition coefficient (Wildman–Crippen LogP) is 4.11. The summed E-state index contributed by atoms with van der Waals surface area (Å²) in [6.07, 6.45) is 0. The smallest absolute Gasteiger partial charge is 0.148 e. The lowest BCUT2D eigenvalue weighted by molar-refractivity contribution is 0.585. The molecule has 0 aliphatic heterocycles. The fourth-order valence-corrected chi connectivity index (χ4v) is 2.16. The van der Waals surface area contributed by atoms with Crippen LogP contribution in [-0.4, -0.2) is 7.05 Å². The second kappa shape index (κ2) is 5.59. The molecule has 0 saturated carbocycles. The fraction of sp³-hybridized carbons (Fsp3) is 0.143. The highest BCUT2D eigenvalue weighted by atomic mass is 79.9. The van der Waals surface area contributed by atoms with Gasteiger partial charge in [-0.05, 0) is 52.3 Å². The normalized spacial score (nSPS) is 10.7. The van der Waals surface area contributed by atoms with Crippen molar-refractivity contribution >= 4 is 15.9 Å². The summed E-state index contributed by atoms with van der Waals surface area (Å²) in [5, 5.41) is 3.01. The van der Waals surface area contributed by atoms with Gasteiger partial charge in [-0.3, -0.25) is 0 Å². The zero-order chi connectivity index (χ0) is 13.1. The first kappa shape index (κ1) is 13.2. The van der Waals surface area contributed by atoms with E-state index in [0.717, 1.165) is 5.56 Å². The molecule has 2 rings (SSSR count). The molecule has 0 aromatic heterocycles. The number of halogens is 3. The summed E-state index contributed by atoms with van der Waals surface area (Å²) < 4.78 is 28.0. The van der Waals surface area contributed by atoms with E-state index in [9.17, 15) is 8.78 Å². The van der Waals surface area contributed by atoms with Crippen molar-refractivity contribution in [1.82, 2.24) is 5.32 Å². The van der Waals surface area contributed by atoms with Crippen LogP contribution in [0.5, 0.6) is 0 Å². The minimum absolute atomic E-state index is 0.00216. The van der Waals surface area contributed by atoms with E-state index < -0.39 is 11.6 Å². The SMILES string of the molecule is CNCc1cccc(-c2c(F)ccc(Br)c2F)c1. The summed E-state index contributed by atoms with van der Waals surface area (Å²) in [5.41, 5.74) is 1.52. The van der Waals surface area contributed by atoms with Crippen LogP contribution in [0.15, 0.2) is 40.9 Å². The average molecular weight is 312 g/mol. The van der Waals surface area contributed by atoms with Crippen LogP contribution in [0.2, 0.25) is 0 Å². The highest BCUT2D eigenvalue weighted by Gasteiger charge is 2.14. The van der Waals surface area contributed by atoms with Gasteiger partial charge >= 0.3 is 0 Å². The van der Waals surface area contributed by atoms with Crippen LogP contribution in [0, 0.1) is 11.6 Å². The van der Waals surface area contributed by atoms with E-state index in [1.807, 2.05) is 13.1 Å². The number of rotatable bonds is 3. The quantitative estimate of drug-likeness (QED) is 0.841. The number of hydrogen-bond donors (Lipinski definition) is 1. The number of hydrogen-bond acceptors (Lipinski definition) is 1. The topological polar surface area (TPSA) is 12.0 Å². The molecule has 0 aliphatic rings. The van der Waals surface area contributed by atoms with Gasteiger partial charge in [-0.25, -0.2) is 8.78 Å². The van der Waals surface area contributed by atoms with Crippen molar-refractivity contribution in [3.05, 3.63) is 58.1 Å². The molecule has 1 nitrogen and oxygen atoms in total. The Labute approximate surface area is 113 Å². The lowest BCUT2D eigenvalue weighted by Crippen LogP contribution is -2.05. The molecule has 2 aromatic rings. The third-order valence-electron chi connectivity index (χ3n) is 2.64. The average Bonchev–Trinajstić information content (AvgIpc) is 2.35. The van der Waals surface area contributed by atoms with Crippen LogP contribution in [-0.2, 0) is 6.54 Å². The zero-order valence-corrected chi connectivity index (χ0v) is 11.4. The first-order chi connectivity index (χ1) is 8.63. The van der Waals surface area contributed by atoms with Gasteiger partial charge in [0.25, 0.3) is 0 Å². The van der Waals surface area contributed by atoms with Gasteiger partial charge in [0.15, 0.2) is 0 Å². The molecular formula is C14H12BrF2N. The van der Waals surface area contributed by atoms with Crippen LogP contribution < -0.4 is 5.32 Å². The molecule has 4 heteroatoms. The third-order valence-corrected chi connectivity index (χ3v) is 3.25. The molecule has 0 spiro atoms. The van der Waals surface area contributed by atoms with Crippen LogP contribution in [0.1, 0.15) is 5.56 Å². The Morgan fingerprint density at radius 1 is 1.17 bits per heavy atom. The predicted molar refractivity (Wildman–Crippen MR) is 72.3 cm³/mol. The Bertz CT molecular complexity index is 570. The molecule has 0 aliphatic carbocycles. The molecule has 0 bridgehead atoms. The summed E-state index contributed by atoms with van der Waals surface area (Å²) in [4.78, 5) is 0. The molecule has 0 saturated heterocycles. The minimum Gasteiger partial charge on any atom is -0.316 e. The highest BCUT2D eigenvalue weighted by molar-refractivity contribution is 9.10. The van der Waals surface area contributed by atoms with Gasteiger partial charge in [-0.15, -0.1) is 0 Å². The Morgan fingerprint density at radius 2 is 1.94 bits per heavy atom. The number of benzene rings is 2. The summed E-state index contributed by atoms with van der Waals surface area (Å²) in [6.45, 7) is 0.658. The van der Waals surface area contributed by atoms with Crippen LogP contribution in [0.25, 0.3) is 11.1 Å². The van der Waals surface area contributed by atoms with E-state index in [0.29, 0.717) is 12.1 Å². The van der Waals surface area contributed by atoms with E-state index in [1.54, 1.807) is 18.2 Å². The lowest BCUT2D eigenvalue weighted by Gasteiger charge is -2.08. The molecule has 1 N–H and O–H groups in total. The Kier molecular flexibility index (Phi) is 4.09. The van der Waals surface area contributed by atoms with Gasteiger partial charge < -0.3 is 5.32 Å². The van der Waals surface area contributed by atoms with Crippen LogP contribution in [0.3, 0.4) is 0 Å². The Balaban J connectivity index is 2.55. The van der Waals surface area contributed by atoms with Crippen LogP contribution in [0.4, 0.5) is 8.78 Å². The van der Waals surface area contributed by atoms with E-state index >= 15 is 0 Å². The molecule has 0 fully saturated rings. The lowest BCUT2D eigenvalue weighted by atomic mass is 10.0. The summed E-state index contributed by atoms with van der Waals surface area (Å²) in [7, 11) is 1.83. The molecule has 2 aromatic carbocycles.